The second-order valence-electron chi connectivity index (χ2n) is 30.0. The monoisotopic (exact) mass is 2020 g/mol. The maximum atomic E-state index is 11.4. The topological polar surface area (TPSA) is 419 Å². The standard InChI is InChI=1S/C21H23NO6.C20H20N2O4.C20H21NO5.C19H20N2O4.C19H19NO4.C17H15NO2/c1-23-16-9-13(10-17(24-2)20(16)27-5)15(7-8-22)14-11-18(25-3)21(28-6)19(12-14)26-4;1-13(23)22-17-11-14(5-7-18(17)24-2)16(9-10-21)15-6-8-19(25-3)20(12-15)26-4;1-22-14-10-13(11-15(12-14)23-2)16(8-9-21)17-6-7-18(24-3)20(26-5)19(17)25-4;1-22-16-6-5-12(9-15(16)21)14(7-8-20)13-10-17(23-2)19(25-4)18(11-13)24-3;1-21-16-9-8-13(12-18(16)23-3)14(10-11-20)15-6-5-7-17(22-2)19(15)24-4;1-19-15-10-14(11-16(12-15)20-2)17(8-9-18)13-6-4-3-5-7-13/h7,9-12H,1-6H3;5-9,11-12H,1-4H3,(H,22,23);6-8,10-12H,1-5H3;5-7,9-11H,21H2,1-4H3;5-10,12H,1-4H3;3-8,10-12H,1-2H3. The molecule has 0 saturated heterocycles. The number of para-hydroxylation sites is 1. The average molecular weight is 2020 g/mol. The number of nitrogen functional groups attached to an aromatic ring is 1. The van der Waals surface area contributed by atoms with Crippen LogP contribution < -0.4 is 125 Å². The molecule has 0 aliphatic rings. The van der Waals surface area contributed by atoms with Crippen LogP contribution >= 0.6 is 0 Å². The Morgan fingerprint density at radius 1 is 0.215 bits per heavy atom. The molecule has 12 aromatic carbocycles. The minimum absolute atomic E-state index is 0.211. The number of benzene rings is 12. The van der Waals surface area contributed by atoms with Gasteiger partial charge in [0.2, 0.25) is 28.9 Å². The molecule has 0 heterocycles. The fourth-order valence-electron chi connectivity index (χ4n) is 15.1. The van der Waals surface area contributed by atoms with E-state index in [1.165, 1.54) is 114 Å². The summed E-state index contributed by atoms with van der Waals surface area (Å²) in [6, 6.07) is 74.6. The Labute approximate surface area is 868 Å². The lowest BCUT2D eigenvalue weighted by atomic mass is 9.95. The maximum Gasteiger partial charge on any atom is 0.221 e. The van der Waals surface area contributed by atoms with Gasteiger partial charge in [-0.3, -0.25) is 4.79 Å². The van der Waals surface area contributed by atoms with Gasteiger partial charge in [0.1, 0.15) is 34.5 Å². The molecule has 0 aliphatic heterocycles. The fourth-order valence-corrected chi connectivity index (χ4v) is 15.1. The first-order chi connectivity index (χ1) is 72.3. The van der Waals surface area contributed by atoms with Crippen molar-refractivity contribution < 1.29 is 118 Å². The largest absolute Gasteiger partial charge is 0.497 e. The van der Waals surface area contributed by atoms with Crippen molar-refractivity contribution >= 4 is 50.7 Å². The molecule has 12 rings (SSSR count). The van der Waals surface area contributed by atoms with Gasteiger partial charge >= 0.3 is 0 Å². The summed E-state index contributed by atoms with van der Waals surface area (Å²) in [6.45, 7) is 1.42. The number of carbonyl (C=O) groups excluding carboxylic acids is 1. The summed E-state index contributed by atoms with van der Waals surface area (Å²) < 4.78 is 129. The molecular formula is C116H118N8O25. The van der Waals surface area contributed by atoms with Crippen molar-refractivity contribution in [3.05, 3.63) is 309 Å². The Hall–Kier alpha value is -19.5. The van der Waals surface area contributed by atoms with Crippen LogP contribution in [0.2, 0.25) is 0 Å². The lowest BCUT2D eigenvalue weighted by Gasteiger charge is -2.18. The van der Waals surface area contributed by atoms with Gasteiger partial charge in [-0.1, -0.05) is 66.7 Å². The second kappa shape index (κ2) is 60.0. The van der Waals surface area contributed by atoms with E-state index in [1.54, 1.807) is 203 Å². The number of rotatable bonds is 37. The molecule has 0 atom stereocenters. The first-order valence-electron chi connectivity index (χ1n) is 44.7. The smallest absolute Gasteiger partial charge is 0.221 e. The quantitative estimate of drug-likeness (QED) is 0.0270. The molecule has 0 fully saturated rings. The van der Waals surface area contributed by atoms with Crippen LogP contribution in [0.4, 0.5) is 11.4 Å². The number of nitrogens with zero attached hydrogens (tertiary/aromatic N) is 6. The Morgan fingerprint density at radius 3 is 0.819 bits per heavy atom. The zero-order valence-electron chi connectivity index (χ0n) is 87.6. The summed E-state index contributed by atoms with van der Waals surface area (Å²) in [6.07, 6.45) is 8.77. The number of nitrogens with one attached hydrogen (secondary N) is 1. The molecule has 149 heavy (non-hydrogen) atoms. The number of nitriles is 6. The van der Waals surface area contributed by atoms with E-state index < -0.39 is 0 Å². The van der Waals surface area contributed by atoms with Crippen molar-refractivity contribution in [1.29, 1.82) is 31.6 Å². The van der Waals surface area contributed by atoms with Gasteiger partial charge in [-0.25, -0.2) is 0 Å². The van der Waals surface area contributed by atoms with Crippen molar-refractivity contribution in [2.45, 2.75) is 6.92 Å². The minimum atomic E-state index is -0.211. The molecule has 1 amide bonds. The lowest BCUT2D eigenvalue weighted by Crippen LogP contribution is -2.07. The van der Waals surface area contributed by atoms with Crippen LogP contribution in [0.1, 0.15) is 73.7 Å². The van der Waals surface area contributed by atoms with Crippen LogP contribution in [0, 0.1) is 68.0 Å². The third-order valence-electron chi connectivity index (χ3n) is 22.0. The summed E-state index contributed by atoms with van der Waals surface area (Å²) in [4.78, 5) is 11.4. The molecule has 0 aliphatic carbocycles. The van der Waals surface area contributed by atoms with Crippen LogP contribution in [0.25, 0.3) is 33.4 Å². The number of ether oxygens (including phenoxy) is 24. The number of amides is 1. The number of nitrogens with two attached hydrogens (primary N) is 1. The summed E-state index contributed by atoms with van der Waals surface area (Å²) in [5.41, 5.74) is 20.5. The van der Waals surface area contributed by atoms with Gasteiger partial charge < -0.3 is 125 Å². The predicted octanol–water partition coefficient (Wildman–Crippen LogP) is 21.6. The van der Waals surface area contributed by atoms with Gasteiger partial charge in [-0.15, -0.1) is 0 Å². The van der Waals surface area contributed by atoms with Crippen LogP contribution in [0.5, 0.6) is 138 Å². The van der Waals surface area contributed by atoms with Gasteiger partial charge in [-0.05, 0) is 205 Å². The molecule has 33 nitrogen and oxygen atoms in total. The van der Waals surface area contributed by atoms with E-state index in [-0.39, 0.29) is 5.91 Å². The van der Waals surface area contributed by atoms with Crippen LogP contribution in [-0.4, -0.2) is 177 Å². The number of anilines is 2. The molecule has 0 aromatic heterocycles. The van der Waals surface area contributed by atoms with E-state index in [9.17, 15) is 31.1 Å². The summed E-state index contributed by atoms with van der Waals surface area (Å²) >= 11 is 0. The molecular weight excluding hydrogens is 1910 g/mol. The molecule has 0 saturated carbocycles. The van der Waals surface area contributed by atoms with E-state index in [0.29, 0.717) is 194 Å². The number of methoxy groups -OCH3 is 24. The van der Waals surface area contributed by atoms with E-state index in [0.717, 1.165) is 55.6 Å². The van der Waals surface area contributed by atoms with Crippen LogP contribution in [0.3, 0.4) is 0 Å². The Kier molecular flexibility index (Phi) is 46.9. The summed E-state index contributed by atoms with van der Waals surface area (Å²) in [5.74, 6) is 12.8. The number of carbonyl (C=O) groups is 1. The first kappa shape index (κ1) is 116. The molecule has 772 valence electrons. The van der Waals surface area contributed by atoms with E-state index in [1.807, 2.05) is 103 Å². The molecule has 0 spiro atoms. The lowest BCUT2D eigenvalue weighted by molar-refractivity contribution is -0.114. The van der Waals surface area contributed by atoms with Gasteiger partial charge in [0.15, 0.2) is 80.5 Å². The third kappa shape index (κ3) is 30.1. The molecule has 0 bridgehead atoms. The van der Waals surface area contributed by atoms with Crippen molar-refractivity contribution in [2.24, 2.45) is 0 Å². The average Bonchev–Trinajstić information content (AvgIpc) is 0.792. The maximum absolute atomic E-state index is 11.4. The van der Waals surface area contributed by atoms with E-state index in [4.69, 9.17) is 125 Å². The zero-order valence-corrected chi connectivity index (χ0v) is 87.6. The van der Waals surface area contributed by atoms with Crippen LogP contribution in [-0.2, 0) is 4.79 Å². The highest BCUT2D eigenvalue weighted by Crippen LogP contribution is 2.50. The summed E-state index contributed by atoms with van der Waals surface area (Å²) in [5, 5.41) is 58.1. The van der Waals surface area contributed by atoms with Gasteiger partial charge in [-0.2, -0.15) is 31.6 Å². The Balaban J connectivity index is 0.000000242. The molecule has 33 heteroatoms. The van der Waals surface area contributed by atoms with E-state index >= 15 is 0 Å². The van der Waals surface area contributed by atoms with Crippen LogP contribution in [0.15, 0.2) is 243 Å². The second-order valence-corrected chi connectivity index (χ2v) is 30.0. The number of allylic oxidation sites excluding steroid dienone is 6. The Morgan fingerprint density at radius 2 is 0.483 bits per heavy atom. The van der Waals surface area contributed by atoms with Crippen molar-refractivity contribution in [2.75, 3.05) is 182 Å². The highest BCUT2D eigenvalue weighted by molar-refractivity contribution is 5.94. The first-order valence-corrected chi connectivity index (χ1v) is 44.7. The van der Waals surface area contributed by atoms with Crippen molar-refractivity contribution in [3.8, 4) is 174 Å². The molecule has 0 unspecified atom stereocenters. The number of hydrogen-bond acceptors (Lipinski definition) is 32. The molecule has 12 aromatic rings. The fraction of sp³-hybridized carbons (Fsp3) is 0.216. The third-order valence-corrected chi connectivity index (χ3v) is 22.0. The SMILES string of the molecule is COc1cc(C(=CC#N)c2cc(OC)c(OC)c(OC)c2)cc(OC)c1OC.COc1cc(OC)cc(C(=CC#N)c2ccc(OC)c(OC)c2OC)c1.COc1cc(OC)cc(C(=CC#N)c2ccccc2)c1.COc1ccc(C(=CC#N)c2cc(OC)c(OC)c(OC)c2)cc1N.COc1ccc(C(=CC#N)c2ccc(OC)c(OC)c2)cc1NC(C)=O.COc1ccc(C(=CC#N)c2cccc(OC)c2OC)cc1OC. The van der Waals surface area contributed by atoms with Gasteiger partial charge in [0.25, 0.3) is 0 Å². The Bertz CT molecular complexity index is 6900. The summed E-state index contributed by atoms with van der Waals surface area (Å²) in [7, 11) is 37.3. The van der Waals surface area contributed by atoms with Gasteiger partial charge in [0, 0.05) is 77.8 Å². The zero-order chi connectivity index (χ0) is 109. The minimum Gasteiger partial charge on any atom is -0.497 e. The van der Waals surface area contributed by atoms with Gasteiger partial charge in [0.05, 0.1) is 218 Å². The highest BCUT2D eigenvalue weighted by atomic mass is 16.6. The van der Waals surface area contributed by atoms with E-state index in [2.05, 4.69) is 41.7 Å². The molecule has 3 N–H and O–H groups in total. The van der Waals surface area contributed by atoms with Crippen molar-refractivity contribution in [3.63, 3.8) is 0 Å². The molecule has 0 radical (unpaired) electrons. The highest BCUT2D eigenvalue weighted by Gasteiger charge is 2.26. The van der Waals surface area contributed by atoms with Crippen molar-refractivity contribution in [1.82, 2.24) is 0 Å². The number of hydrogen-bond donors (Lipinski definition) is 2. The normalized spacial score (nSPS) is 10.5. The predicted molar refractivity (Wildman–Crippen MR) is 569 cm³/mol.